The van der Waals surface area contributed by atoms with Crippen molar-refractivity contribution >= 4 is 11.9 Å². The number of nitrogens with one attached hydrogen (secondary N) is 1. The predicted octanol–water partition coefficient (Wildman–Crippen LogP) is 3.12. The monoisotopic (exact) mass is 327 g/mol. The smallest absolute Gasteiger partial charge is 0.341 e. The highest BCUT2D eigenvalue weighted by atomic mass is 16.5. The summed E-state index contributed by atoms with van der Waals surface area (Å²) in [5.74, 6) is -0.394. The molecule has 0 unspecified atom stereocenters. The average Bonchev–Trinajstić information content (AvgIpc) is 2.61. The Morgan fingerprint density at radius 3 is 2.42 bits per heavy atom. The maximum absolute atomic E-state index is 12.1. The van der Waals surface area contributed by atoms with Crippen LogP contribution in [0.1, 0.15) is 35.8 Å². The molecule has 0 aliphatic carbocycles. The molecule has 2 aromatic carbocycles. The molecule has 0 saturated heterocycles. The second-order valence-corrected chi connectivity index (χ2v) is 5.21. The molecule has 0 aliphatic heterocycles. The van der Waals surface area contributed by atoms with E-state index in [1.54, 1.807) is 31.2 Å². The number of rotatable bonds is 7. The number of carbonyl (C=O) groups is 2. The molecule has 5 heteroatoms. The molecule has 0 radical (unpaired) electrons. The van der Waals surface area contributed by atoms with E-state index in [4.69, 9.17) is 9.47 Å². The largest absolute Gasteiger partial charge is 0.483 e. The van der Waals surface area contributed by atoms with Crippen molar-refractivity contribution in [3.8, 4) is 5.75 Å². The first-order valence-corrected chi connectivity index (χ1v) is 7.85. The molecular weight excluding hydrogens is 306 g/mol. The van der Waals surface area contributed by atoms with E-state index in [1.807, 2.05) is 37.3 Å². The highest BCUT2D eigenvalue weighted by Gasteiger charge is 2.15. The Morgan fingerprint density at radius 1 is 1.04 bits per heavy atom. The Morgan fingerprint density at radius 2 is 1.71 bits per heavy atom. The van der Waals surface area contributed by atoms with E-state index in [0.29, 0.717) is 11.3 Å². The minimum atomic E-state index is -0.467. The lowest BCUT2D eigenvalue weighted by atomic mass is 10.1. The van der Waals surface area contributed by atoms with Crippen LogP contribution < -0.4 is 10.1 Å². The zero-order valence-corrected chi connectivity index (χ0v) is 13.8. The third-order valence-electron chi connectivity index (χ3n) is 3.42. The molecule has 0 aliphatic rings. The summed E-state index contributed by atoms with van der Waals surface area (Å²) >= 11 is 0. The molecule has 0 saturated carbocycles. The maximum atomic E-state index is 12.1. The van der Waals surface area contributed by atoms with Crippen LogP contribution in [-0.2, 0) is 9.53 Å². The fraction of sp³-hybridized carbons (Fsp3) is 0.263. The summed E-state index contributed by atoms with van der Waals surface area (Å²) in [6.07, 6.45) is 0. The molecule has 24 heavy (non-hydrogen) atoms. The lowest BCUT2D eigenvalue weighted by Gasteiger charge is -2.15. The molecule has 1 amide bonds. The van der Waals surface area contributed by atoms with Gasteiger partial charge in [0.1, 0.15) is 11.3 Å². The Bertz CT molecular complexity index is 685. The molecule has 2 aromatic rings. The number of para-hydroxylation sites is 1. The van der Waals surface area contributed by atoms with Crippen molar-refractivity contribution in [1.82, 2.24) is 5.32 Å². The Labute approximate surface area is 141 Å². The van der Waals surface area contributed by atoms with Gasteiger partial charge >= 0.3 is 5.97 Å². The van der Waals surface area contributed by atoms with E-state index in [1.165, 1.54) is 0 Å². The van der Waals surface area contributed by atoms with Crippen LogP contribution >= 0.6 is 0 Å². The normalized spacial score (nSPS) is 11.4. The Balaban J connectivity index is 1.93. The van der Waals surface area contributed by atoms with Gasteiger partial charge in [-0.15, -0.1) is 0 Å². The van der Waals surface area contributed by atoms with Crippen molar-refractivity contribution in [3.63, 3.8) is 0 Å². The molecule has 0 heterocycles. The lowest BCUT2D eigenvalue weighted by molar-refractivity contribution is -0.123. The maximum Gasteiger partial charge on any atom is 0.341 e. The first-order chi connectivity index (χ1) is 11.6. The second kappa shape index (κ2) is 8.72. The number of benzene rings is 2. The summed E-state index contributed by atoms with van der Waals surface area (Å²) in [5, 5.41) is 2.86. The molecule has 0 bridgehead atoms. The van der Waals surface area contributed by atoms with Crippen LogP contribution in [0.2, 0.25) is 0 Å². The standard InChI is InChI=1S/C19H21NO4/c1-3-23-19(22)16-11-7-8-12-17(16)24-13-18(21)20-14(2)15-9-5-4-6-10-15/h4-12,14H,3,13H2,1-2H3,(H,20,21)/t14-/m1/s1. The van der Waals surface area contributed by atoms with Gasteiger partial charge in [-0.3, -0.25) is 4.79 Å². The first-order valence-electron chi connectivity index (χ1n) is 7.85. The summed E-state index contributed by atoms with van der Waals surface area (Å²) in [4.78, 5) is 23.9. The van der Waals surface area contributed by atoms with Crippen LogP contribution in [0.25, 0.3) is 0 Å². The fourth-order valence-corrected chi connectivity index (χ4v) is 2.22. The molecular formula is C19H21NO4. The van der Waals surface area contributed by atoms with E-state index in [2.05, 4.69) is 5.32 Å². The van der Waals surface area contributed by atoms with Crippen molar-refractivity contribution in [2.24, 2.45) is 0 Å². The van der Waals surface area contributed by atoms with Gasteiger partial charge in [0.2, 0.25) is 0 Å². The lowest BCUT2D eigenvalue weighted by Crippen LogP contribution is -2.31. The minimum absolute atomic E-state index is 0.123. The molecule has 0 fully saturated rings. The zero-order valence-electron chi connectivity index (χ0n) is 13.8. The van der Waals surface area contributed by atoms with E-state index >= 15 is 0 Å². The summed E-state index contributed by atoms with van der Waals surface area (Å²) in [7, 11) is 0. The second-order valence-electron chi connectivity index (χ2n) is 5.21. The van der Waals surface area contributed by atoms with Crippen LogP contribution in [-0.4, -0.2) is 25.1 Å². The number of hydrogen-bond acceptors (Lipinski definition) is 4. The van der Waals surface area contributed by atoms with Gasteiger partial charge in [0, 0.05) is 0 Å². The van der Waals surface area contributed by atoms with Crippen LogP contribution in [0.4, 0.5) is 0 Å². The van der Waals surface area contributed by atoms with E-state index in [9.17, 15) is 9.59 Å². The van der Waals surface area contributed by atoms with Gasteiger partial charge in [-0.05, 0) is 31.5 Å². The van der Waals surface area contributed by atoms with Gasteiger partial charge in [-0.2, -0.15) is 0 Å². The average molecular weight is 327 g/mol. The Kier molecular flexibility index (Phi) is 6.37. The highest BCUT2D eigenvalue weighted by molar-refractivity contribution is 5.92. The fourth-order valence-electron chi connectivity index (χ4n) is 2.22. The Hall–Kier alpha value is -2.82. The van der Waals surface area contributed by atoms with Crippen molar-refractivity contribution in [3.05, 3.63) is 65.7 Å². The van der Waals surface area contributed by atoms with Crippen molar-refractivity contribution in [2.45, 2.75) is 19.9 Å². The molecule has 2 rings (SSSR count). The SMILES string of the molecule is CCOC(=O)c1ccccc1OCC(=O)N[C@H](C)c1ccccc1. The van der Waals surface area contributed by atoms with Crippen molar-refractivity contribution < 1.29 is 19.1 Å². The van der Waals surface area contributed by atoms with Gasteiger partial charge in [-0.25, -0.2) is 4.79 Å². The summed E-state index contributed by atoms with van der Waals surface area (Å²) in [6.45, 7) is 3.75. The van der Waals surface area contributed by atoms with Crippen molar-refractivity contribution in [2.75, 3.05) is 13.2 Å². The van der Waals surface area contributed by atoms with Crippen LogP contribution in [0.3, 0.4) is 0 Å². The van der Waals surface area contributed by atoms with Crippen LogP contribution in [0, 0.1) is 0 Å². The minimum Gasteiger partial charge on any atom is -0.483 e. The van der Waals surface area contributed by atoms with Gasteiger partial charge < -0.3 is 14.8 Å². The first kappa shape index (κ1) is 17.5. The van der Waals surface area contributed by atoms with Crippen molar-refractivity contribution in [1.29, 1.82) is 0 Å². The number of hydrogen-bond donors (Lipinski definition) is 1. The summed E-state index contributed by atoms with van der Waals surface area (Å²) < 4.78 is 10.5. The molecule has 126 valence electrons. The quantitative estimate of drug-likeness (QED) is 0.794. The predicted molar refractivity (Wildman–Crippen MR) is 90.9 cm³/mol. The van der Waals surface area contributed by atoms with Crippen LogP contribution in [0.5, 0.6) is 5.75 Å². The van der Waals surface area contributed by atoms with Crippen LogP contribution in [0.15, 0.2) is 54.6 Å². The zero-order chi connectivity index (χ0) is 17.4. The number of esters is 1. The third-order valence-corrected chi connectivity index (χ3v) is 3.42. The van der Waals surface area contributed by atoms with Gasteiger partial charge in [0.05, 0.1) is 12.6 Å². The summed E-state index contributed by atoms with van der Waals surface area (Å²) in [6, 6.07) is 16.2. The van der Waals surface area contributed by atoms with E-state index < -0.39 is 5.97 Å². The van der Waals surface area contributed by atoms with E-state index in [0.717, 1.165) is 5.56 Å². The molecule has 1 atom stereocenters. The molecule has 0 spiro atoms. The van der Waals surface area contributed by atoms with Gasteiger partial charge in [0.25, 0.3) is 5.91 Å². The number of amides is 1. The van der Waals surface area contributed by atoms with E-state index in [-0.39, 0.29) is 25.2 Å². The molecule has 1 N–H and O–H groups in total. The third kappa shape index (κ3) is 4.84. The van der Waals surface area contributed by atoms with Gasteiger partial charge in [-0.1, -0.05) is 42.5 Å². The molecule has 5 nitrogen and oxygen atoms in total. The summed E-state index contributed by atoms with van der Waals surface area (Å²) in [5.41, 5.74) is 1.32. The number of carbonyl (C=O) groups excluding carboxylic acids is 2. The topological polar surface area (TPSA) is 64.6 Å². The molecule has 0 aromatic heterocycles. The number of ether oxygens (including phenoxy) is 2. The van der Waals surface area contributed by atoms with Gasteiger partial charge in [0.15, 0.2) is 6.61 Å². The highest BCUT2D eigenvalue weighted by Crippen LogP contribution is 2.19.